The standard InChI is InChI=1S/C26H21N5O3/c32-25(33)15-19-7-1-2-8-21(19)16-31-29-26(28-30-31)20-9-5-10-23(14-20)34-17-22-13-12-18-6-3-4-11-24(18)27-22/h1-14H,15-17H2,(H,32,33). The van der Waals surface area contributed by atoms with Crippen LogP contribution in [0.4, 0.5) is 0 Å². The van der Waals surface area contributed by atoms with Gasteiger partial charge in [-0.2, -0.15) is 4.80 Å². The molecule has 2 aromatic heterocycles. The van der Waals surface area contributed by atoms with Gasteiger partial charge in [-0.1, -0.05) is 60.7 Å². The first kappa shape index (κ1) is 21.3. The number of hydrogen-bond acceptors (Lipinski definition) is 6. The van der Waals surface area contributed by atoms with Crippen molar-refractivity contribution in [2.45, 2.75) is 19.6 Å². The molecule has 34 heavy (non-hydrogen) atoms. The van der Waals surface area contributed by atoms with Crippen molar-refractivity contribution in [3.8, 4) is 17.1 Å². The smallest absolute Gasteiger partial charge is 0.307 e. The molecule has 0 saturated carbocycles. The zero-order valence-corrected chi connectivity index (χ0v) is 18.2. The molecule has 168 valence electrons. The average molecular weight is 451 g/mol. The van der Waals surface area contributed by atoms with E-state index in [0.717, 1.165) is 33.3 Å². The molecule has 0 bridgehead atoms. The van der Waals surface area contributed by atoms with E-state index in [0.29, 0.717) is 24.7 Å². The molecule has 0 atom stereocenters. The quantitative estimate of drug-likeness (QED) is 0.378. The molecule has 0 spiro atoms. The van der Waals surface area contributed by atoms with Crippen LogP contribution in [0.1, 0.15) is 16.8 Å². The molecule has 0 saturated heterocycles. The van der Waals surface area contributed by atoms with Gasteiger partial charge in [-0.05, 0) is 40.6 Å². The number of para-hydroxylation sites is 1. The van der Waals surface area contributed by atoms with Gasteiger partial charge in [0.25, 0.3) is 0 Å². The first-order valence-electron chi connectivity index (χ1n) is 10.8. The molecule has 1 N–H and O–H groups in total. The van der Waals surface area contributed by atoms with Crippen molar-refractivity contribution in [1.82, 2.24) is 25.2 Å². The Morgan fingerprint density at radius 2 is 1.74 bits per heavy atom. The Bertz CT molecular complexity index is 1460. The average Bonchev–Trinajstić information content (AvgIpc) is 3.32. The maximum Gasteiger partial charge on any atom is 0.307 e. The molecule has 2 heterocycles. The van der Waals surface area contributed by atoms with Gasteiger partial charge in [-0.15, -0.1) is 10.2 Å². The minimum absolute atomic E-state index is 0.0524. The summed E-state index contributed by atoms with van der Waals surface area (Å²) in [6.07, 6.45) is -0.0524. The number of tetrazole rings is 1. The zero-order valence-electron chi connectivity index (χ0n) is 18.2. The number of ether oxygens (including phenoxy) is 1. The van der Waals surface area contributed by atoms with Gasteiger partial charge < -0.3 is 9.84 Å². The van der Waals surface area contributed by atoms with Crippen molar-refractivity contribution in [2.75, 3.05) is 0 Å². The summed E-state index contributed by atoms with van der Waals surface area (Å²) < 4.78 is 5.96. The predicted octanol–water partition coefficient (Wildman–Crippen LogP) is 4.14. The Morgan fingerprint density at radius 1 is 0.912 bits per heavy atom. The maximum absolute atomic E-state index is 11.1. The molecule has 5 rings (SSSR count). The van der Waals surface area contributed by atoms with Gasteiger partial charge in [0.1, 0.15) is 12.4 Å². The molecule has 0 aliphatic rings. The van der Waals surface area contributed by atoms with Crippen molar-refractivity contribution in [2.24, 2.45) is 0 Å². The van der Waals surface area contributed by atoms with Crippen molar-refractivity contribution in [1.29, 1.82) is 0 Å². The third kappa shape index (κ3) is 4.91. The van der Waals surface area contributed by atoms with Crippen molar-refractivity contribution in [3.63, 3.8) is 0 Å². The van der Waals surface area contributed by atoms with E-state index >= 15 is 0 Å². The lowest BCUT2D eigenvalue weighted by Gasteiger charge is -2.07. The Labute approximate surface area is 195 Å². The van der Waals surface area contributed by atoms with Crippen LogP contribution in [0.2, 0.25) is 0 Å². The molecule has 8 nitrogen and oxygen atoms in total. The van der Waals surface area contributed by atoms with Crippen LogP contribution in [0.15, 0.2) is 84.9 Å². The topological polar surface area (TPSA) is 103 Å². The maximum atomic E-state index is 11.1. The minimum atomic E-state index is -0.879. The number of carboxylic acids is 1. The van der Waals surface area contributed by atoms with Crippen molar-refractivity contribution < 1.29 is 14.6 Å². The minimum Gasteiger partial charge on any atom is -0.487 e. The second-order valence-electron chi connectivity index (χ2n) is 7.79. The summed E-state index contributed by atoms with van der Waals surface area (Å²) in [5.74, 6) is 0.260. The number of benzene rings is 3. The number of rotatable bonds is 8. The highest BCUT2D eigenvalue weighted by atomic mass is 16.5. The van der Waals surface area contributed by atoms with Crippen LogP contribution >= 0.6 is 0 Å². The summed E-state index contributed by atoms with van der Waals surface area (Å²) in [6.45, 7) is 0.676. The number of aromatic nitrogens is 5. The van der Waals surface area contributed by atoms with E-state index in [1.807, 2.05) is 78.9 Å². The Morgan fingerprint density at radius 3 is 2.62 bits per heavy atom. The van der Waals surface area contributed by atoms with Gasteiger partial charge in [0.05, 0.1) is 24.2 Å². The molecule has 5 aromatic rings. The SMILES string of the molecule is O=C(O)Cc1ccccc1Cn1nnc(-c2cccc(OCc3ccc4ccccc4n3)c2)n1. The fourth-order valence-corrected chi connectivity index (χ4v) is 3.70. The van der Waals surface area contributed by atoms with E-state index in [-0.39, 0.29) is 6.42 Å². The number of nitrogens with zero attached hydrogens (tertiary/aromatic N) is 5. The molecule has 3 aromatic carbocycles. The van der Waals surface area contributed by atoms with Crippen LogP contribution < -0.4 is 4.74 Å². The number of hydrogen-bond donors (Lipinski definition) is 1. The summed E-state index contributed by atoms with van der Waals surface area (Å²) in [7, 11) is 0. The lowest BCUT2D eigenvalue weighted by atomic mass is 10.1. The predicted molar refractivity (Wildman–Crippen MR) is 126 cm³/mol. The van der Waals surface area contributed by atoms with E-state index in [1.165, 1.54) is 4.80 Å². The lowest BCUT2D eigenvalue weighted by molar-refractivity contribution is -0.136. The molecule has 0 aliphatic carbocycles. The molecular weight excluding hydrogens is 430 g/mol. The highest BCUT2D eigenvalue weighted by molar-refractivity contribution is 5.78. The molecule has 0 aliphatic heterocycles. The summed E-state index contributed by atoms with van der Waals surface area (Å²) in [5, 5.41) is 23.0. The van der Waals surface area contributed by atoms with E-state index < -0.39 is 5.97 Å². The molecular formula is C26H21N5O3. The molecule has 8 heteroatoms. The van der Waals surface area contributed by atoms with Crippen LogP contribution in [0, 0.1) is 0 Å². The van der Waals surface area contributed by atoms with Gasteiger partial charge in [-0.3, -0.25) is 4.79 Å². The van der Waals surface area contributed by atoms with Crippen molar-refractivity contribution >= 4 is 16.9 Å². The fourth-order valence-electron chi connectivity index (χ4n) is 3.70. The molecule has 0 fully saturated rings. The van der Waals surface area contributed by atoms with E-state index in [9.17, 15) is 4.79 Å². The number of carbonyl (C=O) groups is 1. The normalized spacial score (nSPS) is 10.9. The second kappa shape index (κ2) is 9.50. The van der Waals surface area contributed by atoms with Crippen LogP contribution in [-0.2, 0) is 24.4 Å². The highest BCUT2D eigenvalue weighted by Crippen LogP contribution is 2.22. The highest BCUT2D eigenvalue weighted by Gasteiger charge is 2.11. The second-order valence-corrected chi connectivity index (χ2v) is 7.79. The lowest BCUT2D eigenvalue weighted by Crippen LogP contribution is -2.09. The van der Waals surface area contributed by atoms with Gasteiger partial charge in [0, 0.05) is 10.9 Å². The van der Waals surface area contributed by atoms with Crippen LogP contribution in [0.3, 0.4) is 0 Å². The largest absolute Gasteiger partial charge is 0.487 e. The summed E-state index contributed by atoms with van der Waals surface area (Å²) >= 11 is 0. The number of pyridine rings is 1. The summed E-state index contributed by atoms with van der Waals surface area (Å²) in [4.78, 5) is 17.2. The third-order valence-corrected chi connectivity index (χ3v) is 5.36. The van der Waals surface area contributed by atoms with Crippen LogP contribution in [0.25, 0.3) is 22.3 Å². The van der Waals surface area contributed by atoms with Gasteiger partial charge in [-0.25, -0.2) is 4.98 Å². The third-order valence-electron chi connectivity index (χ3n) is 5.36. The molecule has 0 unspecified atom stereocenters. The first-order chi connectivity index (χ1) is 16.6. The van der Waals surface area contributed by atoms with Crippen molar-refractivity contribution in [3.05, 3.63) is 102 Å². The van der Waals surface area contributed by atoms with E-state index in [1.54, 1.807) is 6.07 Å². The molecule has 0 radical (unpaired) electrons. The monoisotopic (exact) mass is 451 g/mol. The van der Waals surface area contributed by atoms with Gasteiger partial charge in [0.15, 0.2) is 0 Å². The Balaban J connectivity index is 1.29. The van der Waals surface area contributed by atoms with Gasteiger partial charge in [0.2, 0.25) is 5.82 Å². The zero-order chi connectivity index (χ0) is 23.3. The Kier molecular flexibility index (Phi) is 5.94. The first-order valence-corrected chi connectivity index (χ1v) is 10.8. The molecule has 0 amide bonds. The number of carboxylic acid groups (broad SMARTS) is 1. The fraction of sp³-hybridized carbons (Fsp3) is 0.115. The van der Waals surface area contributed by atoms with Crippen LogP contribution in [0.5, 0.6) is 5.75 Å². The van der Waals surface area contributed by atoms with Gasteiger partial charge >= 0.3 is 5.97 Å². The number of aliphatic carboxylic acids is 1. The number of fused-ring (bicyclic) bond motifs is 1. The van der Waals surface area contributed by atoms with Crippen LogP contribution in [-0.4, -0.2) is 36.3 Å². The summed E-state index contributed by atoms with van der Waals surface area (Å²) in [5.41, 5.74) is 4.12. The van der Waals surface area contributed by atoms with E-state index in [4.69, 9.17) is 9.84 Å². The Hall–Kier alpha value is -4.59. The van der Waals surface area contributed by atoms with E-state index in [2.05, 4.69) is 20.4 Å². The summed E-state index contributed by atoms with van der Waals surface area (Å²) in [6, 6.07) is 26.8.